The SMILES string of the molecule is CCC1CCC(C)CN1CCC(=O)NCCN(Cc1ccc(Cl)c(Cl)c1)C(C)=O. The standard InChI is InChI=1S/C22H33Cl2N3O2/c1-4-19-7-5-16(2)14-27(19)11-9-22(29)25-10-12-26(17(3)28)15-18-6-8-20(23)21(24)13-18/h6,8,13,16,19H,4-5,7,9-12,14-15H2,1-3H3,(H,25,29). The molecule has 1 saturated heterocycles. The Hall–Kier alpha value is -1.30. The number of nitrogens with zero attached hydrogens (tertiary/aromatic N) is 2. The van der Waals surface area contributed by atoms with Crippen molar-refractivity contribution in [2.24, 2.45) is 5.92 Å². The van der Waals surface area contributed by atoms with Gasteiger partial charge in [0, 0.05) is 52.1 Å². The molecule has 1 aliphatic rings. The maximum absolute atomic E-state index is 12.3. The van der Waals surface area contributed by atoms with Gasteiger partial charge in [0.15, 0.2) is 0 Å². The van der Waals surface area contributed by atoms with Crippen molar-refractivity contribution in [2.45, 2.75) is 59.0 Å². The molecule has 0 saturated carbocycles. The molecule has 29 heavy (non-hydrogen) atoms. The van der Waals surface area contributed by atoms with Crippen molar-refractivity contribution in [3.05, 3.63) is 33.8 Å². The van der Waals surface area contributed by atoms with Crippen LogP contribution in [0.25, 0.3) is 0 Å². The van der Waals surface area contributed by atoms with Crippen molar-refractivity contribution in [2.75, 3.05) is 26.2 Å². The molecule has 2 rings (SSSR count). The molecule has 0 bridgehead atoms. The molecular formula is C22H33Cl2N3O2. The summed E-state index contributed by atoms with van der Waals surface area (Å²) in [6, 6.07) is 5.94. The first kappa shape index (κ1) is 24.0. The van der Waals surface area contributed by atoms with E-state index in [0.717, 1.165) is 25.1 Å². The number of hydrogen-bond donors (Lipinski definition) is 1. The second-order valence-corrected chi connectivity index (χ2v) is 8.84. The summed E-state index contributed by atoms with van der Waals surface area (Å²) in [6.45, 7) is 9.24. The molecule has 1 aliphatic heterocycles. The molecule has 1 aromatic rings. The largest absolute Gasteiger partial charge is 0.354 e. The van der Waals surface area contributed by atoms with Crippen LogP contribution in [-0.4, -0.2) is 53.8 Å². The fraction of sp³-hybridized carbons (Fsp3) is 0.636. The number of amides is 2. The Morgan fingerprint density at radius 1 is 1.24 bits per heavy atom. The average Bonchev–Trinajstić information content (AvgIpc) is 2.68. The summed E-state index contributed by atoms with van der Waals surface area (Å²) in [6.07, 6.45) is 4.13. The Bertz CT molecular complexity index is 699. The van der Waals surface area contributed by atoms with Gasteiger partial charge >= 0.3 is 0 Å². The normalized spacial score (nSPS) is 19.8. The highest BCUT2D eigenvalue weighted by molar-refractivity contribution is 6.42. The summed E-state index contributed by atoms with van der Waals surface area (Å²) in [5, 5.41) is 3.91. The first-order valence-electron chi connectivity index (χ1n) is 10.5. The maximum Gasteiger partial charge on any atom is 0.221 e. The Kier molecular flexibility index (Phi) is 9.73. The molecule has 0 radical (unpaired) electrons. The monoisotopic (exact) mass is 441 g/mol. The lowest BCUT2D eigenvalue weighted by molar-refractivity contribution is -0.130. The Labute approximate surface area is 184 Å². The van der Waals surface area contributed by atoms with Gasteiger partial charge in [-0.15, -0.1) is 0 Å². The molecule has 0 aliphatic carbocycles. The van der Waals surface area contributed by atoms with Gasteiger partial charge in [0.1, 0.15) is 0 Å². The lowest BCUT2D eigenvalue weighted by atomic mass is 9.92. The second-order valence-electron chi connectivity index (χ2n) is 8.03. The number of benzene rings is 1. The molecule has 1 N–H and O–H groups in total. The third-order valence-electron chi connectivity index (χ3n) is 5.66. The van der Waals surface area contributed by atoms with E-state index in [1.807, 2.05) is 6.07 Å². The van der Waals surface area contributed by atoms with Crippen LogP contribution in [0.5, 0.6) is 0 Å². The zero-order valence-electron chi connectivity index (χ0n) is 17.7. The molecular weight excluding hydrogens is 409 g/mol. The van der Waals surface area contributed by atoms with Gasteiger partial charge in [0.2, 0.25) is 11.8 Å². The predicted molar refractivity (Wildman–Crippen MR) is 119 cm³/mol. The molecule has 0 spiro atoms. The molecule has 2 unspecified atom stereocenters. The van der Waals surface area contributed by atoms with Gasteiger partial charge in [0.05, 0.1) is 10.0 Å². The van der Waals surface area contributed by atoms with Crippen LogP contribution in [0.4, 0.5) is 0 Å². The Morgan fingerprint density at radius 3 is 2.66 bits per heavy atom. The molecule has 1 aromatic carbocycles. The smallest absolute Gasteiger partial charge is 0.221 e. The highest BCUT2D eigenvalue weighted by Crippen LogP contribution is 2.24. The lowest BCUT2D eigenvalue weighted by Crippen LogP contribution is -2.44. The lowest BCUT2D eigenvalue weighted by Gasteiger charge is -2.38. The number of carbonyl (C=O) groups is 2. The van der Waals surface area contributed by atoms with E-state index in [1.54, 1.807) is 17.0 Å². The van der Waals surface area contributed by atoms with Gasteiger partial charge in [0.25, 0.3) is 0 Å². The second kappa shape index (κ2) is 11.8. The number of carbonyl (C=O) groups excluding carboxylic acids is 2. The Balaban J connectivity index is 1.76. The van der Waals surface area contributed by atoms with Gasteiger partial charge in [-0.25, -0.2) is 0 Å². The number of halogens is 2. The third kappa shape index (κ3) is 7.80. The van der Waals surface area contributed by atoms with Crippen LogP contribution in [0.1, 0.15) is 52.0 Å². The fourth-order valence-electron chi connectivity index (χ4n) is 3.91. The van der Waals surface area contributed by atoms with Crippen LogP contribution in [0.2, 0.25) is 10.0 Å². The molecule has 7 heteroatoms. The molecule has 2 amide bonds. The van der Waals surface area contributed by atoms with E-state index in [4.69, 9.17) is 23.2 Å². The van der Waals surface area contributed by atoms with Crippen LogP contribution in [0, 0.1) is 5.92 Å². The van der Waals surface area contributed by atoms with Gasteiger partial charge in [-0.3, -0.25) is 14.5 Å². The molecule has 5 nitrogen and oxygen atoms in total. The minimum Gasteiger partial charge on any atom is -0.354 e. The molecule has 1 fully saturated rings. The molecule has 0 aromatic heterocycles. The quantitative estimate of drug-likeness (QED) is 0.619. The number of hydrogen-bond acceptors (Lipinski definition) is 3. The van der Waals surface area contributed by atoms with Crippen molar-refractivity contribution < 1.29 is 9.59 Å². The third-order valence-corrected chi connectivity index (χ3v) is 6.40. The summed E-state index contributed by atoms with van der Waals surface area (Å²) >= 11 is 12.0. The van der Waals surface area contributed by atoms with E-state index in [2.05, 4.69) is 24.1 Å². The molecule has 2 atom stereocenters. The van der Waals surface area contributed by atoms with Crippen molar-refractivity contribution in [1.82, 2.24) is 15.1 Å². The fourth-order valence-corrected chi connectivity index (χ4v) is 4.23. The summed E-state index contributed by atoms with van der Waals surface area (Å²) < 4.78 is 0. The highest BCUT2D eigenvalue weighted by Gasteiger charge is 2.24. The maximum atomic E-state index is 12.3. The number of rotatable bonds is 9. The van der Waals surface area contributed by atoms with Crippen LogP contribution in [-0.2, 0) is 16.1 Å². The summed E-state index contributed by atoms with van der Waals surface area (Å²) in [5.74, 6) is 0.695. The number of likely N-dealkylation sites (tertiary alicyclic amines) is 1. The van der Waals surface area contributed by atoms with Gasteiger partial charge < -0.3 is 10.2 Å². The van der Waals surface area contributed by atoms with Crippen LogP contribution >= 0.6 is 23.2 Å². The summed E-state index contributed by atoms with van der Waals surface area (Å²) in [7, 11) is 0. The zero-order chi connectivity index (χ0) is 21.4. The van der Waals surface area contributed by atoms with E-state index in [1.165, 1.54) is 19.8 Å². The minimum absolute atomic E-state index is 0.0381. The van der Waals surface area contributed by atoms with E-state index in [9.17, 15) is 9.59 Å². The van der Waals surface area contributed by atoms with E-state index in [0.29, 0.717) is 48.1 Å². The topological polar surface area (TPSA) is 52.7 Å². The molecule has 1 heterocycles. The zero-order valence-corrected chi connectivity index (χ0v) is 19.2. The van der Waals surface area contributed by atoms with Gasteiger partial charge in [-0.05, 0) is 42.9 Å². The average molecular weight is 442 g/mol. The van der Waals surface area contributed by atoms with E-state index < -0.39 is 0 Å². The van der Waals surface area contributed by atoms with Crippen LogP contribution in [0.15, 0.2) is 18.2 Å². The van der Waals surface area contributed by atoms with Crippen molar-refractivity contribution in [3.8, 4) is 0 Å². The van der Waals surface area contributed by atoms with Gasteiger partial charge in [-0.2, -0.15) is 0 Å². The molecule has 162 valence electrons. The van der Waals surface area contributed by atoms with Crippen molar-refractivity contribution in [1.29, 1.82) is 0 Å². The van der Waals surface area contributed by atoms with Crippen molar-refractivity contribution >= 4 is 35.0 Å². The summed E-state index contributed by atoms with van der Waals surface area (Å²) in [5.41, 5.74) is 0.908. The number of piperidine rings is 1. The van der Waals surface area contributed by atoms with Crippen molar-refractivity contribution in [3.63, 3.8) is 0 Å². The van der Waals surface area contributed by atoms with E-state index >= 15 is 0 Å². The predicted octanol–water partition coefficient (Wildman–Crippen LogP) is 4.36. The van der Waals surface area contributed by atoms with E-state index in [-0.39, 0.29) is 11.8 Å². The first-order valence-corrected chi connectivity index (χ1v) is 11.3. The minimum atomic E-state index is -0.0431. The van der Waals surface area contributed by atoms with Gasteiger partial charge in [-0.1, -0.05) is 43.1 Å². The van der Waals surface area contributed by atoms with Crippen LogP contribution in [0.3, 0.4) is 0 Å². The van der Waals surface area contributed by atoms with Crippen LogP contribution < -0.4 is 5.32 Å². The first-order chi connectivity index (χ1) is 13.8. The summed E-state index contributed by atoms with van der Waals surface area (Å²) in [4.78, 5) is 28.4. The highest BCUT2D eigenvalue weighted by atomic mass is 35.5. The number of nitrogens with one attached hydrogen (secondary N) is 1. The Morgan fingerprint density at radius 2 is 2.00 bits per heavy atom.